The van der Waals surface area contributed by atoms with Gasteiger partial charge in [0.05, 0.1) is 5.52 Å². The van der Waals surface area contributed by atoms with Gasteiger partial charge in [0.1, 0.15) is 0 Å². The summed E-state index contributed by atoms with van der Waals surface area (Å²) >= 11 is -2.29. The molecule has 90 valence electrons. The van der Waals surface area contributed by atoms with E-state index in [2.05, 4.69) is 0 Å². The highest BCUT2D eigenvalue weighted by molar-refractivity contribution is 7.79. The first-order valence-electron chi connectivity index (χ1n) is 5.18. The first kappa shape index (κ1) is 12.0. The number of hydrogen-bond acceptors (Lipinski definition) is 3. The Kier molecular flexibility index (Phi) is 3.13. The van der Waals surface area contributed by atoms with Crippen molar-refractivity contribution in [2.24, 2.45) is 7.05 Å². The fourth-order valence-corrected chi connectivity index (χ4v) is 2.23. The van der Waals surface area contributed by atoms with E-state index < -0.39 is 16.3 Å². The zero-order chi connectivity index (χ0) is 12.6. The van der Waals surface area contributed by atoms with E-state index in [0.29, 0.717) is 10.9 Å². The first-order valence-corrected chi connectivity index (χ1v) is 6.32. The van der Waals surface area contributed by atoms with Crippen molar-refractivity contribution >= 4 is 22.0 Å². The third-order valence-electron chi connectivity index (χ3n) is 2.85. The van der Waals surface area contributed by atoms with E-state index in [1.807, 2.05) is 12.1 Å². The molecule has 1 aromatic heterocycles. The van der Waals surface area contributed by atoms with Gasteiger partial charge < -0.3 is 9.12 Å². The average molecular weight is 250 g/mol. The molecule has 17 heavy (non-hydrogen) atoms. The van der Waals surface area contributed by atoms with Crippen LogP contribution in [0.5, 0.6) is 0 Å². The van der Waals surface area contributed by atoms with Gasteiger partial charge in [-0.2, -0.15) is 0 Å². The van der Waals surface area contributed by atoms with E-state index in [1.54, 1.807) is 29.9 Å². The lowest BCUT2D eigenvalue weighted by Gasteiger charge is -2.16. The summed E-state index contributed by atoms with van der Waals surface area (Å²) in [5.74, 6) is 0. The lowest BCUT2D eigenvalue weighted by molar-refractivity contribution is 0.526. The number of rotatable bonds is 2. The van der Waals surface area contributed by atoms with E-state index in [-0.39, 0.29) is 5.43 Å². The number of pyridine rings is 1. The summed E-state index contributed by atoms with van der Waals surface area (Å²) in [7, 11) is 1.80. The molecule has 0 saturated heterocycles. The van der Waals surface area contributed by atoms with Crippen LogP contribution in [0.2, 0.25) is 0 Å². The van der Waals surface area contributed by atoms with Gasteiger partial charge in [0, 0.05) is 29.4 Å². The van der Waals surface area contributed by atoms with Gasteiger partial charge in [-0.15, -0.1) is 0 Å². The summed E-state index contributed by atoms with van der Waals surface area (Å²) in [4.78, 5) is 12.1. The standard InChI is InChI=1S/C12H13NO3S/c1-8(17(15)16)10-7-13(2)11-6-4-3-5-9(11)12(10)14/h3-8H,1-2H3,(H,15,16)/p-1. The maximum atomic E-state index is 12.1. The molecule has 0 bridgehead atoms. The smallest absolute Gasteiger partial charge is 0.193 e. The van der Waals surface area contributed by atoms with Crippen LogP contribution in [0.25, 0.3) is 10.9 Å². The summed E-state index contributed by atoms with van der Waals surface area (Å²) in [6.45, 7) is 1.51. The highest BCUT2D eigenvalue weighted by atomic mass is 32.2. The highest BCUT2D eigenvalue weighted by Crippen LogP contribution is 2.17. The van der Waals surface area contributed by atoms with Gasteiger partial charge in [-0.25, -0.2) is 0 Å². The molecule has 1 aromatic carbocycles. The largest absolute Gasteiger partial charge is 0.772 e. The Morgan fingerprint density at radius 2 is 2.00 bits per heavy atom. The van der Waals surface area contributed by atoms with Crippen molar-refractivity contribution in [1.29, 1.82) is 0 Å². The van der Waals surface area contributed by atoms with Crippen LogP contribution >= 0.6 is 0 Å². The number of para-hydroxylation sites is 1. The van der Waals surface area contributed by atoms with Gasteiger partial charge in [-0.3, -0.25) is 9.00 Å². The Bertz CT molecular complexity index is 648. The van der Waals surface area contributed by atoms with E-state index in [9.17, 15) is 13.6 Å². The van der Waals surface area contributed by atoms with Crippen LogP contribution in [-0.4, -0.2) is 13.3 Å². The molecule has 2 rings (SSSR count). The second-order valence-corrected chi connectivity index (χ2v) is 5.17. The molecule has 0 aliphatic rings. The lowest BCUT2D eigenvalue weighted by Crippen LogP contribution is -2.17. The molecule has 0 saturated carbocycles. The summed E-state index contributed by atoms with van der Waals surface area (Å²) < 4.78 is 23.7. The van der Waals surface area contributed by atoms with Crippen molar-refractivity contribution in [2.45, 2.75) is 12.2 Å². The minimum atomic E-state index is -2.29. The number of aromatic nitrogens is 1. The SMILES string of the molecule is CC(c1cn(C)c2ccccc2c1=O)S(=O)[O-]. The molecule has 0 amide bonds. The lowest BCUT2D eigenvalue weighted by atomic mass is 10.1. The highest BCUT2D eigenvalue weighted by Gasteiger charge is 2.13. The van der Waals surface area contributed by atoms with Crippen LogP contribution in [-0.2, 0) is 18.1 Å². The summed E-state index contributed by atoms with van der Waals surface area (Å²) in [6.07, 6.45) is 1.59. The monoisotopic (exact) mass is 250 g/mol. The maximum absolute atomic E-state index is 12.1. The van der Waals surface area contributed by atoms with Gasteiger partial charge in [-0.1, -0.05) is 12.1 Å². The van der Waals surface area contributed by atoms with Crippen molar-refractivity contribution in [2.75, 3.05) is 0 Å². The quantitative estimate of drug-likeness (QED) is 0.758. The molecule has 0 radical (unpaired) electrons. The number of hydrogen-bond donors (Lipinski definition) is 0. The van der Waals surface area contributed by atoms with Crippen LogP contribution in [0.1, 0.15) is 17.7 Å². The third-order valence-corrected chi connectivity index (χ3v) is 3.68. The molecule has 0 N–H and O–H groups in total. The van der Waals surface area contributed by atoms with E-state index >= 15 is 0 Å². The molecule has 2 aromatic rings. The molecule has 5 heteroatoms. The van der Waals surface area contributed by atoms with Crippen LogP contribution < -0.4 is 5.43 Å². The molecule has 4 nitrogen and oxygen atoms in total. The van der Waals surface area contributed by atoms with Gasteiger partial charge in [0.25, 0.3) is 0 Å². The number of aryl methyl sites for hydroxylation is 1. The molecule has 0 fully saturated rings. The van der Waals surface area contributed by atoms with Crippen LogP contribution in [0, 0.1) is 0 Å². The van der Waals surface area contributed by atoms with Gasteiger partial charge in [-0.05, 0) is 30.1 Å². The Hall–Kier alpha value is -1.46. The molecule has 2 atom stereocenters. The fraction of sp³-hybridized carbons (Fsp3) is 0.250. The van der Waals surface area contributed by atoms with E-state index in [0.717, 1.165) is 5.52 Å². The predicted octanol–water partition coefficient (Wildman–Crippen LogP) is 1.48. The Labute approximate surface area is 101 Å². The number of nitrogens with zero attached hydrogens (tertiary/aromatic N) is 1. The zero-order valence-electron chi connectivity index (χ0n) is 9.54. The molecular weight excluding hydrogens is 238 g/mol. The van der Waals surface area contributed by atoms with Crippen molar-refractivity contribution in [3.8, 4) is 0 Å². The molecular formula is C12H12NO3S-. The molecule has 1 heterocycles. The van der Waals surface area contributed by atoms with Gasteiger partial charge in [0.2, 0.25) is 0 Å². The molecule has 2 unspecified atom stereocenters. The van der Waals surface area contributed by atoms with Gasteiger partial charge >= 0.3 is 0 Å². The molecule has 0 spiro atoms. The predicted molar refractivity (Wildman–Crippen MR) is 66.5 cm³/mol. The van der Waals surface area contributed by atoms with Gasteiger partial charge in [0.15, 0.2) is 5.43 Å². The van der Waals surface area contributed by atoms with Crippen LogP contribution in [0.3, 0.4) is 0 Å². The molecule has 0 aliphatic carbocycles. The summed E-state index contributed by atoms with van der Waals surface area (Å²) in [6, 6.07) is 7.16. The minimum absolute atomic E-state index is 0.213. The number of fused-ring (bicyclic) bond motifs is 1. The van der Waals surface area contributed by atoms with E-state index in [1.165, 1.54) is 6.92 Å². The van der Waals surface area contributed by atoms with Crippen molar-refractivity contribution < 1.29 is 8.76 Å². The number of benzene rings is 1. The Balaban J connectivity index is 2.80. The van der Waals surface area contributed by atoms with Crippen molar-refractivity contribution in [1.82, 2.24) is 4.57 Å². The molecule has 0 aliphatic heterocycles. The Morgan fingerprint density at radius 3 is 2.65 bits per heavy atom. The summed E-state index contributed by atoms with van der Waals surface area (Å²) in [5, 5.41) is -0.247. The van der Waals surface area contributed by atoms with Crippen molar-refractivity contribution in [3.05, 3.63) is 46.2 Å². The van der Waals surface area contributed by atoms with Crippen LogP contribution in [0.15, 0.2) is 35.3 Å². The van der Waals surface area contributed by atoms with E-state index in [4.69, 9.17) is 0 Å². The minimum Gasteiger partial charge on any atom is -0.772 e. The topological polar surface area (TPSA) is 62.1 Å². The van der Waals surface area contributed by atoms with Crippen molar-refractivity contribution in [3.63, 3.8) is 0 Å². The zero-order valence-corrected chi connectivity index (χ0v) is 10.4. The van der Waals surface area contributed by atoms with Crippen LogP contribution in [0.4, 0.5) is 0 Å². The fourth-order valence-electron chi connectivity index (χ4n) is 1.86. The second-order valence-electron chi connectivity index (χ2n) is 3.94. The Morgan fingerprint density at radius 1 is 1.35 bits per heavy atom. The second kappa shape index (κ2) is 4.43. The normalized spacial score (nSPS) is 14.8. The summed E-state index contributed by atoms with van der Waals surface area (Å²) in [5.41, 5.74) is 0.889. The maximum Gasteiger partial charge on any atom is 0.193 e. The third kappa shape index (κ3) is 2.03. The first-order chi connectivity index (χ1) is 8.02. The average Bonchev–Trinajstić information content (AvgIpc) is 2.33.